The highest BCUT2D eigenvalue weighted by molar-refractivity contribution is 7.08. The number of nitrogens with one attached hydrogen (secondary N) is 2. The number of thiophene rings is 1. The number of benzene rings is 1. The van der Waals surface area contributed by atoms with Crippen LogP contribution in [0.3, 0.4) is 0 Å². The third-order valence-corrected chi connectivity index (χ3v) is 4.82. The van der Waals surface area contributed by atoms with Gasteiger partial charge in [0.15, 0.2) is 28.5 Å². The Balaban J connectivity index is 1.60. The average molecular weight is 380 g/mol. The van der Waals surface area contributed by atoms with E-state index in [0.717, 1.165) is 29.3 Å². The fraction of sp³-hybridized carbons (Fsp3) is 0.167. The van der Waals surface area contributed by atoms with Crippen LogP contribution < -0.4 is 20.1 Å². The van der Waals surface area contributed by atoms with Gasteiger partial charge < -0.3 is 20.1 Å². The quantitative estimate of drug-likeness (QED) is 0.545. The maximum atomic E-state index is 5.45. The van der Waals surface area contributed by atoms with Crippen LogP contribution in [0.25, 0.3) is 16.9 Å². The smallest absolute Gasteiger partial charge is 0.231 e. The molecule has 1 aliphatic rings. The predicted molar refractivity (Wildman–Crippen MR) is 105 cm³/mol. The van der Waals surface area contributed by atoms with Crippen molar-refractivity contribution in [3.8, 4) is 17.2 Å². The summed E-state index contributed by atoms with van der Waals surface area (Å²) in [6, 6.07) is 7.72. The Morgan fingerprint density at radius 2 is 2.11 bits per heavy atom. The van der Waals surface area contributed by atoms with E-state index in [0.29, 0.717) is 23.0 Å². The zero-order valence-electron chi connectivity index (χ0n) is 14.5. The minimum atomic E-state index is 0.242. The van der Waals surface area contributed by atoms with E-state index in [4.69, 9.17) is 9.47 Å². The third-order valence-electron chi connectivity index (χ3n) is 4.15. The zero-order chi connectivity index (χ0) is 18.2. The second kappa shape index (κ2) is 6.44. The lowest BCUT2D eigenvalue weighted by molar-refractivity contribution is 0.174. The van der Waals surface area contributed by atoms with E-state index in [1.54, 1.807) is 17.7 Å². The molecular formula is C18H16N6O2S. The van der Waals surface area contributed by atoms with Gasteiger partial charge in [0.1, 0.15) is 6.33 Å². The molecule has 0 amide bonds. The molecule has 0 radical (unpaired) electrons. The number of imidazole rings is 1. The number of fused-ring (bicyclic) bond motifs is 2. The first-order valence-electron chi connectivity index (χ1n) is 8.50. The van der Waals surface area contributed by atoms with Gasteiger partial charge in [-0.1, -0.05) is 0 Å². The summed E-state index contributed by atoms with van der Waals surface area (Å²) in [7, 11) is 0. The highest BCUT2D eigenvalue weighted by atomic mass is 32.1. The number of hydrogen-bond donors (Lipinski definition) is 2. The van der Waals surface area contributed by atoms with Gasteiger partial charge in [-0.3, -0.25) is 4.57 Å². The van der Waals surface area contributed by atoms with E-state index in [9.17, 15) is 0 Å². The van der Waals surface area contributed by atoms with Crippen molar-refractivity contribution in [1.29, 1.82) is 0 Å². The first-order chi connectivity index (χ1) is 13.3. The molecule has 4 aromatic rings. The van der Waals surface area contributed by atoms with Crippen molar-refractivity contribution in [2.45, 2.75) is 6.92 Å². The summed E-state index contributed by atoms with van der Waals surface area (Å²) in [6.07, 6.45) is 1.77. The van der Waals surface area contributed by atoms with Gasteiger partial charge in [0, 0.05) is 23.7 Å². The fourth-order valence-electron chi connectivity index (χ4n) is 2.92. The molecule has 8 nitrogen and oxygen atoms in total. The van der Waals surface area contributed by atoms with Crippen molar-refractivity contribution in [3.63, 3.8) is 0 Å². The summed E-state index contributed by atoms with van der Waals surface area (Å²) in [6.45, 7) is 2.97. The van der Waals surface area contributed by atoms with Crippen molar-refractivity contribution in [3.05, 3.63) is 41.4 Å². The first kappa shape index (κ1) is 15.9. The predicted octanol–water partition coefficient (Wildman–Crippen LogP) is 3.78. The van der Waals surface area contributed by atoms with Crippen molar-refractivity contribution in [2.75, 3.05) is 24.0 Å². The molecule has 5 rings (SSSR count). The van der Waals surface area contributed by atoms with Gasteiger partial charge >= 0.3 is 0 Å². The van der Waals surface area contributed by atoms with Crippen molar-refractivity contribution in [1.82, 2.24) is 19.5 Å². The molecule has 1 aliphatic heterocycles. The van der Waals surface area contributed by atoms with Gasteiger partial charge in [-0.25, -0.2) is 4.98 Å². The van der Waals surface area contributed by atoms with Crippen LogP contribution in [-0.4, -0.2) is 32.9 Å². The van der Waals surface area contributed by atoms with E-state index in [-0.39, 0.29) is 6.79 Å². The monoisotopic (exact) mass is 380 g/mol. The molecule has 0 unspecified atom stereocenters. The van der Waals surface area contributed by atoms with Crippen LogP contribution in [0.5, 0.6) is 11.5 Å². The summed E-state index contributed by atoms with van der Waals surface area (Å²) >= 11 is 1.63. The number of anilines is 3. The minimum Gasteiger partial charge on any atom is -0.454 e. The Bertz CT molecular complexity index is 1110. The van der Waals surface area contributed by atoms with Crippen molar-refractivity contribution >= 4 is 40.0 Å². The largest absolute Gasteiger partial charge is 0.454 e. The number of hydrogen-bond acceptors (Lipinski definition) is 8. The van der Waals surface area contributed by atoms with Gasteiger partial charge in [-0.05, 0) is 30.5 Å². The molecule has 0 saturated carbocycles. The second-order valence-corrected chi connectivity index (χ2v) is 6.67. The molecule has 136 valence electrons. The Kier molecular flexibility index (Phi) is 3.79. The van der Waals surface area contributed by atoms with Gasteiger partial charge in [0.25, 0.3) is 0 Å². The molecule has 9 heteroatoms. The molecule has 2 N–H and O–H groups in total. The van der Waals surface area contributed by atoms with E-state index in [1.165, 1.54) is 0 Å². The summed E-state index contributed by atoms with van der Waals surface area (Å²) in [4.78, 5) is 13.8. The molecule has 4 heterocycles. The molecule has 0 atom stereocenters. The van der Waals surface area contributed by atoms with E-state index >= 15 is 0 Å². The molecule has 3 aromatic heterocycles. The minimum absolute atomic E-state index is 0.242. The summed E-state index contributed by atoms with van der Waals surface area (Å²) in [5.74, 6) is 2.62. The summed E-state index contributed by atoms with van der Waals surface area (Å²) in [5, 5.41) is 10.6. The Morgan fingerprint density at radius 3 is 2.96 bits per heavy atom. The normalized spacial score (nSPS) is 12.5. The van der Waals surface area contributed by atoms with Crippen molar-refractivity contribution < 1.29 is 9.47 Å². The van der Waals surface area contributed by atoms with Gasteiger partial charge in [-0.2, -0.15) is 21.3 Å². The lowest BCUT2D eigenvalue weighted by Gasteiger charge is -2.10. The third kappa shape index (κ3) is 2.81. The summed E-state index contributed by atoms with van der Waals surface area (Å²) < 4.78 is 12.8. The van der Waals surface area contributed by atoms with Crippen LogP contribution in [-0.2, 0) is 0 Å². The highest BCUT2D eigenvalue weighted by Crippen LogP contribution is 2.35. The lowest BCUT2D eigenvalue weighted by atomic mass is 10.2. The Hall–Kier alpha value is -3.33. The van der Waals surface area contributed by atoms with E-state index < -0.39 is 0 Å². The van der Waals surface area contributed by atoms with Crippen LogP contribution >= 0.6 is 11.3 Å². The van der Waals surface area contributed by atoms with Gasteiger partial charge in [0.05, 0.1) is 5.69 Å². The van der Waals surface area contributed by atoms with Crippen LogP contribution in [0.1, 0.15) is 6.92 Å². The van der Waals surface area contributed by atoms with Crippen LogP contribution in [0.15, 0.2) is 41.4 Å². The second-order valence-electron chi connectivity index (χ2n) is 5.89. The topological polar surface area (TPSA) is 86.1 Å². The average Bonchev–Trinajstić information content (AvgIpc) is 3.41. The number of aromatic nitrogens is 4. The zero-order valence-corrected chi connectivity index (χ0v) is 15.3. The lowest BCUT2D eigenvalue weighted by Crippen LogP contribution is -2.06. The molecule has 27 heavy (non-hydrogen) atoms. The van der Waals surface area contributed by atoms with Crippen LogP contribution in [0, 0.1) is 0 Å². The maximum Gasteiger partial charge on any atom is 0.231 e. The number of ether oxygens (including phenoxy) is 2. The molecule has 0 bridgehead atoms. The molecule has 0 saturated heterocycles. The molecular weight excluding hydrogens is 364 g/mol. The SMILES string of the molecule is CCNc1nc(Nc2ccc3c(c2)OCO3)c2ncn(-c3ccsc3)c2n1. The summed E-state index contributed by atoms with van der Waals surface area (Å²) in [5.41, 5.74) is 3.30. The Morgan fingerprint density at radius 1 is 1.19 bits per heavy atom. The molecule has 0 spiro atoms. The number of nitrogens with zero attached hydrogens (tertiary/aromatic N) is 4. The first-order valence-corrected chi connectivity index (χ1v) is 9.44. The van der Waals surface area contributed by atoms with Crippen LogP contribution in [0.2, 0.25) is 0 Å². The highest BCUT2D eigenvalue weighted by Gasteiger charge is 2.17. The maximum absolute atomic E-state index is 5.45. The van der Waals surface area contributed by atoms with Gasteiger partial charge in [-0.15, -0.1) is 0 Å². The molecule has 0 aliphatic carbocycles. The molecule has 1 aromatic carbocycles. The molecule has 0 fully saturated rings. The van der Waals surface area contributed by atoms with Gasteiger partial charge in [0.2, 0.25) is 12.7 Å². The fourth-order valence-corrected chi connectivity index (χ4v) is 3.55. The Labute approximate surface area is 158 Å². The number of rotatable bonds is 5. The van der Waals surface area contributed by atoms with E-state index in [1.807, 2.05) is 41.1 Å². The van der Waals surface area contributed by atoms with Crippen LogP contribution in [0.4, 0.5) is 17.5 Å². The van der Waals surface area contributed by atoms with E-state index in [2.05, 4.69) is 31.0 Å². The standard InChI is InChI=1S/C18H16N6O2S/c1-2-19-18-22-16(21-11-3-4-13-14(7-11)26-10-25-13)15-17(23-18)24(9-20-15)12-5-6-27-8-12/h3-9H,2,10H2,1H3,(H2,19,21,22,23). The van der Waals surface area contributed by atoms with Crippen molar-refractivity contribution in [2.24, 2.45) is 0 Å².